The molecule has 2 N–H and O–H groups in total. The lowest BCUT2D eigenvalue weighted by Gasteiger charge is -2.40. The van der Waals surface area contributed by atoms with Crippen molar-refractivity contribution in [2.24, 2.45) is 11.8 Å². The molecule has 30 heavy (non-hydrogen) atoms. The van der Waals surface area contributed by atoms with Crippen molar-refractivity contribution in [1.82, 2.24) is 9.80 Å². The number of benzene rings is 1. The molecule has 0 unspecified atom stereocenters. The van der Waals surface area contributed by atoms with Gasteiger partial charge in [0, 0.05) is 44.4 Å². The van der Waals surface area contributed by atoms with E-state index in [9.17, 15) is 9.59 Å². The highest BCUT2D eigenvalue weighted by Gasteiger charge is 2.44. The summed E-state index contributed by atoms with van der Waals surface area (Å²) < 4.78 is 5.74. The second kappa shape index (κ2) is 10.5. The topological polar surface area (TPSA) is 99.2 Å². The van der Waals surface area contributed by atoms with E-state index in [0.717, 1.165) is 42.7 Å². The fourth-order valence-electron chi connectivity index (χ4n) is 4.71. The van der Waals surface area contributed by atoms with Crippen molar-refractivity contribution < 1.29 is 24.2 Å². The van der Waals surface area contributed by atoms with Crippen LogP contribution in [0.15, 0.2) is 18.2 Å². The summed E-state index contributed by atoms with van der Waals surface area (Å²) in [6.45, 7) is 4.77. The molecule has 2 aliphatic rings. The van der Waals surface area contributed by atoms with Gasteiger partial charge >= 0.3 is 0 Å². The molecule has 8 heteroatoms. The third kappa shape index (κ3) is 5.58. The molecule has 1 saturated heterocycles. The molecule has 0 aromatic heterocycles. The highest BCUT2D eigenvalue weighted by atomic mass is 16.5. The second-order valence-corrected chi connectivity index (χ2v) is 8.32. The summed E-state index contributed by atoms with van der Waals surface area (Å²) in [7, 11) is 6.00. The number of likely N-dealkylation sites (tertiary alicyclic amines) is 1. The standard InChI is InChI=1S/C21H31N3O3.CH2O2/c1-13-8-17(22-14(2)25)6-7-18(13)21(26)24-11-15-9-19(23(3)4)20(27-5)10-16(15)12-24;2-1-3/h6-8,15-16,19-20H,9-12H2,1-5H3,(H,22,25);1H,(H,2,3)/t15-,16+,19-,20-;/m1./s1. The number of likely N-dealkylation sites (N-methyl/N-ethyl adjacent to an activating group) is 1. The highest BCUT2D eigenvalue weighted by molar-refractivity contribution is 5.97. The number of aryl methyl sites for hydroxylation is 1. The summed E-state index contributed by atoms with van der Waals surface area (Å²) in [6.07, 6.45) is 2.31. The number of ether oxygens (including phenoxy) is 1. The third-order valence-corrected chi connectivity index (χ3v) is 6.12. The van der Waals surface area contributed by atoms with E-state index >= 15 is 0 Å². The second-order valence-electron chi connectivity index (χ2n) is 8.32. The Morgan fingerprint density at radius 3 is 2.33 bits per heavy atom. The van der Waals surface area contributed by atoms with Gasteiger partial charge in [0.2, 0.25) is 5.91 Å². The van der Waals surface area contributed by atoms with Crippen LogP contribution in [0.4, 0.5) is 5.69 Å². The summed E-state index contributed by atoms with van der Waals surface area (Å²) >= 11 is 0. The predicted molar refractivity (Wildman–Crippen MR) is 115 cm³/mol. The molecule has 1 saturated carbocycles. The fraction of sp³-hybridized carbons (Fsp3) is 0.591. The maximum absolute atomic E-state index is 13.1. The Kier molecular flexibility index (Phi) is 8.37. The number of hydrogen-bond acceptors (Lipinski definition) is 5. The van der Waals surface area contributed by atoms with Crippen molar-refractivity contribution >= 4 is 24.0 Å². The number of carboxylic acid groups (broad SMARTS) is 1. The minimum atomic E-state index is -0.250. The molecule has 1 aliphatic heterocycles. The molecule has 0 radical (unpaired) electrons. The molecule has 0 bridgehead atoms. The molecule has 3 rings (SSSR count). The van der Waals surface area contributed by atoms with Crippen LogP contribution < -0.4 is 5.32 Å². The maximum Gasteiger partial charge on any atom is 0.290 e. The number of amides is 2. The lowest BCUT2D eigenvalue weighted by Crippen LogP contribution is -2.47. The molecule has 2 fully saturated rings. The van der Waals surface area contributed by atoms with Gasteiger partial charge in [-0.25, -0.2) is 0 Å². The first-order valence-electron chi connectivity index (χ1n) is 10.2. The zero-order chi connectivity index (χ0) is 22.4. The first kappa shape index (κ1) is 23.8. The van der Waals surface area contributed by atoms with E-state index in [0.29, 0.717) is 17.9 Å². The first-order chi connectivity index (χ1) is 14.2. The number of carbonyl (C=O) groups excluding carboxylic acids is 2. The first-order valence-corrected chi connectivity index (χ1v) is 10.2. The van der Waals surface area contributed by atoms with E-state index < -0.39 is 0 Å². The van der Waals surface area contributed by atoms with E-state index in [2.05, 4.69) is 24.3 Å². The summed E-state index contributed by atoms with van der Waals surface area (Å²) in [5, 5.41) is 9.66. The molecule has 1 aromatic rings. The lowest BCUT2D eigenvalue weighted by molar-refractivity contribution is -0.123. The molecule has 2 amide bonds. The van der Waals surface area contributed by atoms with E-state index in [4.69, 9.17) is 14.6 Å². The Hall–Kier alpha value is -2.45. The largest absolute Gasteiger partial charge is 0.483 e. The molecule has 1 aromatic carbocycles. The van der Waals surface area contributed by atoms with Crippen molar-refractivity contribution in [3.63, 3.8) is 0 Å². The van der Waals surface area contributed by atoms with Crippen LogP contribution >= 0.6 is 0 Å². The molecule has 1 heterocycles. The third-order valence-electron chi connectivity index (χ3n) is 6.12. The average Bonchev–Trinajstić information content (AvgIpc) is 3.09. The number of methoxy groups -OCH3 is 1. The summed E-state index contributed by atoms with van der Waals surface area (Å²) in [6, 6.07) is 5.89. The van der Waals surface area contributed by atoms with Gasteiger partial charge in [-0.05, 0) is 69.5 Å². The van der Waals surface area contributed by atoms with Crippen molar-refractivity contribution in [3.05, 3.63) is 29.3 Å². The van der Waals surface area contributed by atoms with Crippen molar-refractivity contribution in [2.75, 3.05) is 39.6 Å². The molecule has 4 atom stereocenters. The van der Waals surface area contributed by atoms with Crippen LogP contribution in [0, 0.1) is 18.8 Å². The van der Waals surface area contributed by atoms with E-state index in [1.807, 2.05) is 24.0 Å². The summed E-state index contributed by atoms with van der Waals surface area (Å²) in [4.78, 5) is 36.9. The van der Waals surface area contributed by atoms with Gasteiger partial charge in [-0.3, -0.25) is 14.4 Å². The van der Waals surface area contributed by atoms with Gasteiger partial charge in [0.1, 0.15) is 0 Å². The number of anilines is 1. The monoisotopic (exact) mass is 419 g/mol. The van der Waals surface area contributed by atoms with Gasteiger partial charge in [-0.1, -0.05) is 0 Å². The molecule has 166 valence electrons. The normalized spacial score (nSPS) is 25.2. The van der Waals surface area contributed by atoms with Crippen LogP contribution in [0.3, 0.4) is 0 Å². The van der Waals surface area contributed by atoms with Crippen molar-refractivity contribution in [3.8, 4) is 0 Å². The Labute approximate surface area is 178 Å². The average molecular weight is 420 g/mol. The van der Waals surface area contributed by atoms with Crippen LogP contribution in [0.2, 0.25) is 0 Å². The van der Waals surface area contributed by atoms with Crippen LogP contribution in [-0.4, -0.2) is 79.6 Å². The maximum atomic E-state index is 13.1. The zero-order valence-corrected chi connectivity index (χ0v) is 18.4. The Balaban J connectivity index is 0.00000101. The van der Waals surface area contributed by atoms with E-state index in [1.165, 1.54) is 6.92 Å². The van der Waals surface area contributed by atoms with Crippen molar-refractivity contribution in [1.29, 1.82) is 0 Å². The molecule has 8 nitrogen and oxygen atoms in total. The molecular weight excluding hydrogens is 386 g/mol. The predicted octanol–water partition coefficient (Wildman–Crippen LogP) is 2.08. The Bertz CT molecular complexity index is 767. The van der Waals surface area contributed by atoms with Crippen molar-refractivity contribution in [2.45, 2.75) is 38.8 Å². The molecule has 1 aliphatic carbocycles. The summed E-state index contributed by atoms with van der Waals surface area (Å²) in [5.74, 6) is 1.02. The zero-order valence-electron chi connectivity index (χ0n) is 18.4. The van der Waals surface area contributed by atoms with Gasteiger partial charge in [0.05, 0.1) is 6.10 Å². The van der Waals surface area contributed by atoms with Crippen LogP contribution in [-0.2, 0) is 14.3 Å². The van der Waals surface area contributed by atoms with Gasteiger partial charge in [0.15, 0.2) is 0 Å². The minimum Gasteiger partial charge on any atom is -0.483 e. The summed E-state index contributed by atoms with van der Waals surface area (Å²) in [5.41, 5.74) is 2.33. The van der Waals surface area contributed by atoms with Gasteiger partial charge < -0.3 is 25.0 Å². The van der Waals surface area contributed by atoms with Crippen LogP contribution in [0.1, 0.15) is 35.7 Å². The van der Waals surface area contributed by atoms with Gasteiger partial charge in [0.25, 0.3) is 12.4 Å². The van der Waals surface area contributed by atoms with Gasteiger partial charge in [-0.15, -0.1) is 0 Å². The number of rotatable bonds is 4. The van der Waals surface area contributed by atoms with Gasteiger partial charge in [-0.2, -0.15) is 0 Å². The van der Waals surface area contributed by atoms with Crippen LogP contribution in [0.25, 0.3) is 0 Å². The van der Waals surface area contributed by atoms with E-state index in [-0.39, 0.29) is 24.4 Å². The number of fused-ring (bicyclic) bond motifs is 1. The smallest absolute Gasteiger partial charge is 0.290 e. The Morgan fingerprint density at radius 2 is 1.83 bits per heavy atom. The SMILES string of the molecule is CO[C@@H]1C[C@H]2CN(C(=O)c3ccc(NC(C)=O)cc3C)C[C@H]2C[C@H]1N(C)C.O=CO. The number of nitrogens with zero attached hydrogens (tertiary/aromatic N) is 2. The minimum absolute atomic E-state index is 0.0895. The number of carbonyl (C=O) groups is 3. The van der Waals surface area contributed by atoms with Crippen LogP contribution in [0.5, 0.6) is 0 Å². The quantitative estimate of drug-likeness (QED) is 0.725. The Morgan fingerprint density at radius 1 is 1.23 bits per heavy atom. The highest BCUT2D eigenvalue weighted by Crippen LogP contribution is 2.39. The molecule has 0 spiro atoms. The molecular formula is C22H33N3O5. The number of nitrogens with one attached hydrogen (secondary N) is 1. The number of hydrogen-bond donors (Lipinski definition) is 2. The fourth-order valence-corrected chi connectivity index (χ4v) is 4.71. The van der Waals surface area contributed by atoms with E-state index in [1.54, 1.807) is 13.2 Å². The lowest BCUT2D eigenvalue weighted by atomic mass is 9.77.